The third-order valence-electron chi connectivity index (χ3n) is 3.13. The smallest absolute Gasteiger partial charge is 0.423 e. The van der Waals surface area contributed by atoms with Crippen LogP contribution in [0, 0.1) is 0 Å². The number of thiophene rings is 1. The van der Waals surface area contributed by atoms with Gasteiger partial charge in [-0.3, -0.25) is 0 Å². The largest absolute Gasteiger partial charge is 0.488 e. The molecule has 0 radical (unpaired) electrons. The Labute approximate surface area is 122 Å². The molecule has 98 valence electrons. The minimum absolute atomic E-state index is 0.511. The number of rotatable bonds is 3. The molecule has 0 saturated carbocycles. The van der Waals surface area contributed by atoms with E-state index in [0.29, 0.717) is 5.46 Å². The standard InChI is InChI=1S/C16H13BO2S/c18-17(19)14-8-4-7-13(11-14)16-10-9-15(20-16)12-5-2-1-3-6-12/h1-11,18-19H. The van der Waals surface area contributed by atoms with E-state index in [1.165, 1.54) is 10.4 Å². The lowest BCUT2D eigenvalue weighted by atomic mass is 9.79. The van der Waals surface area contributed by atoms with Gasteiger partial charge in [-0.15, -0.1) is 11.3 Å². The normalized spacial score (nSPS) is 10.5. The summed E-state index contributed by atoms with van der Waals surface area (Å²) < 4.78 is 0. The Bertz CT molecular complexity index is 707. The molecule has 0 fully saturated rings. The monoisotopic (exact) mass is 280 g/mol. The van der Waals surface area contributed by atoms with Crippen LogP contribution in [0.25, 0.3) is 20.9 Å². The zero-order chi connectivity index (χ0) is 13.9. The Morgan fingerprint density at radius 3 is 2.05 bits per heavy atom. The summed E-state index contributed by atoms with van der Waals surface area (Å²) in [6, 6.07) is 21.7. The van der Waals surface area contributed by atoms with Crippen molar-refractivity contribution in [1.82, 2.24) is 0 Å². The van der Waals surface area contributed by atoms with Crippen LogP contribution in [0.15, 0.2) is 66.7 Å². The first-order valence-corrected chi connectivity index (χ1v) is 7.17. The van der Waals surface area contributed by atoms with E-state index < -0.39 is 7.12 Å². The molecule has 0 spiro atoms. The van der Waals surface area contributed by atoms with Crippen LogP contribution in [0.3, 0.4) is 0 Å². The molecule has 0 amide bonds. The first-order valence-electron chi connectivity index (χ1n) is 6.36. The van der Waals surface area contributed by atoms with Crippen molar-refractivity contribution >= 4 is 23.9 Å². The van der Waals surface area contributed by atoms with Gasteiger partial charge in [-0.2, -0.15) is 0 Å². The van der Waals surface area contributed by atoms with Gasteiger partial charge in [0.15, 0.2) is 0 Å². The van der Waals surface area contributed by atoms with Gasteiger partial charge in [0, 0.05) is 9.75 Å². The first-order chi connectivity index (χ1) is 9.74. The molecule has 0 saturated heterocycles. The molecular formula is C16H13BO2S. The van der Waals surface area contributed by atoms with Gasteiger partial charge in [-0.25, -0.2) is 0 Å². The molecule has 2 N–H and O–H groups in total. The summed E-state index contributed by atoms with van der Waals surface area (Å²) in [6.07, 6.45) is 0. The van der Waals surface area contributed by atoms with Gasteiger partial charge in [-0.1, -0.05) is 54.6 Å². The molecule has 1 aromatic heterocycles. The molecule has 2 aromatic carbocycles. The lowest BCUT2D eigenvalue weighted by Gasteiger charge is -2.02. The van der Waals surface area contributed by atoms with Gasteiger partial charge < -0.3 is 10.0 Å². The van der Waals surface area contributed by atoms with Crippen LogP contribution >= 0.6 is 11.3 Å². The van der Waals surface area contributed by atoms with Crippen LogP contribution in [0.2, 0.25) is 0 Å². The highest BCUT2D eigenvalue weighted by molar-refractivity contribution is 7.18. The van der Waals surface area contributed by atoms with E-state index in [4.69, 9.17) is 0 Å². The number of hydrogen-bond donors (Lipinski definition) is 2. The van der Waals surface area contributed by atoms with Crippen LogP contribution in [0.4, 0.5) is 0 Å². The van der Waals surface area contributed by atoms with Crippen LogP contribution in [-0.2, 0) is 0 Å². The minimum atomic E-state index is -1.43. The van der Waals surface area contributed by atoms with E-state index in [1.54, 1.807) is 17.4 Å². The third-order valence-corrected chi connectivity index (χ3v) is 4.32. The molecule has 4 heteroatoms. The van der Waals surface area contributed by atoms with Crippen molar-refractivity contribution in [3.8, 4) is 20.9 Å². The van der Waals surface area contributed by atoms with Crippen molar-refractivity contribution in [2.24, 2.45) is 0 Å². The second kappa shape index (κ2) is 5.63. The Kier molecular flexibility index (Phi) is 3.69. The van der Waals surface area contributed by atoms with E-state index in [9.17, 15) is 10.0 Å². The van der Waals surface area contributed by atoms with Crippen molar-refractivity contribution in [3.63, 3.8) is 0 Å². The Morgan fingerprint density at radius 1 is 0.700 bits per heavy atom. The summed E-state index contributed by atoms with van der Waals surface area (Å²) in [6.45, 7) is 0. The number of hydrogen-bond acceptors (Lipinski definition) is 3. The molecular weight excluding hydrogens is 267 g/mol. The zero-order valence-corrected chi connectivity index (χ0v) is 11.5. The van der Waals surface area contributed by atoms with Crippen molar-refractivity contribution in [2.75, 3.05) is 0 Å². The summed E-state index contributed by atoms with van der Waals surface area (Å²) in [5.74, 6) is 0. The maximum absolute atomic E-state index is 9.24. The maximum Gasteiger partial charge on any atom is 0.488 e. The van der Waals surface area contributed by atoms with E-state index >= 15 is 0 Å². The SMILES string of the molecule is OB(O)c1cccc(-c2ccc(-c3ccccc3)s2)c1. The molecule has 0 bridgehead atoms. The van der Waals surface area contributed by atoms with Crippen molar-refractivity contribution in [2.45, 2.75) is 0 Å². The van der Waals surface area contributed by atoms with Crippen molar-refractivity contribution in [3.05, 3.63) is 66.7 Å². The molecule has 20 heavy (non-hydrogen) atoms. The topological polar surface area (TPSA) is 40.5 Å². The highest BCUT2D eigenvalue weighted by atomic mass is 32.1. The molecule has 0 aliphatic carbocycles. The van der Waals surface area contributed by atoms with E-state index in [2.05, 4.69) is 24.3 Å². The molecule has 3 aromatic rings. The van der Waals surface area contributed by atoms with Crippen molar-refractivity contribution < 1.29 is 10.0 Å². The highest BCUT2D eigenvalue weighted by Gasteiger charge is 2.12. The second-order valence-corrected chi connectivity index (χ2v) is 5.61. The van der Waals surface area contributed by atoms with E-state index in [-0.39, 0.29) is 0 Å². The van der Waals surface area contributed by atoms with Crippen LogP contribution in [0.1, 0.15) is 0 Å². The maximum atomic E-state index is 9.24. The molecule has 0 aliphatic rings. The predicted octanol–water partition coefficient (Wildman–Crippen LogP) is 2.76. The average Bonchev–Trinajstić information content (AvgIpc) is 2.98. The van der Waals surface area contributed by atoms with E-state index in [0.717, 1.165) is 10.4 Å². The first kappa shape index (κ1) is 13.1. The second-order valence-electron chi connectivity index (χ2n) is 4.53. The summed E-state index contributed by atoms with van der Waals surface area (Å²) in [5, 5.41) is 18.5. The quantitative estimate of drug-likeness (QED) is 0.724. The van der Waals surface area contributed by atoms with Gasteiger partial charge in [-0.05, 0) is 28.7 Å². The minimum Gasteiger partial charge on any atom is -0.423 e. The Balaban J connectivity index is 1.96. The summed E-state index contributed by atoms with van der Waals surface area (Å²) >= 11 is 1.70. The van der Waals surface area contributed by atoms with Gasteiger partial charge >= 0.3 is 7.12 Å². The zero-order valence-electron chi connectivity index (χ0n) is 10.7. The molecule has 2 nitrogen and oxygen atoms in total. The van der Waals surface area contributed by atoms with Gasteiger partial charge in [0.2, 0.25) is 0 Å². The van der Waals surface area contributed by atoms with Crippen LogP contribution in [-0.4, -0.2) is 17.2 Å². The predicted molar refractivity (Wildman–Crippen MR) is 85.0 cm³/mol. The van der Waals surface area contributed by atoms with Gasteiger partial charge in [0.05, 0.1) is 0 Å². The fraction of sp³-hybridized carbons (Fsp3) is 0. The fourth-order valence-corrected chi connectivity index (χ4v) is 3.11. The van der Waals surface area contributed by atoms with Crippen LogP contribution < -0.4 is 5.46 Å². The van der Waals surface area contributed by atoms with Gasteiger partial charge in [0.1, 0.15) is 0 Å². The number of benzene rings is 2. The Morgan fingerprint density at radius 2 is 1.35 bits per heavy atom. The molecule has 3 rings (SSSR count). The third kappa shape index (κ3) is 2.68. The lowest BCUT2D eigenvalue weighted by molar-refractivity contribution is 0.426. The van der Waals surface area contributed by atoms with Crippen molar-refractivity contribution in [1.29, 1.82) is 0 Å². The average molecular weight is 280 g/mol. The molecule has 1 heterocycles. The summed E-state index contributed by atoms with van der Waals surface area (Å²) in [5.41, 5.74) is 2.71. The molecule has 0 unspecified atom stereocenters. The Hall–Kier alpha value is -1.88. The van der Waals surface area contributed by atoms with Crippen LogP contribution in [0.5, 0.6) is 0 Å². The fourth-order valence-electron chi connectivity index (χ4n) is 2.10. The van der Waals surface area contributed by atoms with E-state index in [1.807, 2.05) is 36.4 Å². The molecule has 0 atom stereocenters. The highest BCUT2D eigenvalue weighted by Crippen LogP contribution is 2.33. The summed E-state index contributed by atoms with van der Waals surface area (Å²) in [7, 11) is -1.43. The lowest BCUT2D eigenvalue weighted by Crippen LogP contribution is -2.29. The summed E-state index contributed by atoms with van der Waals surface area (Å²) in [4.78, 5) is 2.32. The van der Waals surface area contributed by atoms with Gasteiger partial charge in [0.25, 0.3) is 0 Å². The molecule has 0 aliphatic heterocycles.